The number of carbonyl (C=O) groups is 1. The molecule has 5 aromatic rings. The Labute approximate surface area is 226 Å². The molecular formula is C31H32N6O2. The zero-order chi connectivity index (χ0) is 26.8. The second-order valence-electron chi connectivity index (χ2n) is 10.6. The molecule has 1 aliphatic heterocycles. The molecule has 0 atom stereocenters. The van der Waals surface area contributed by atoms with Crippen molar-refractivity contribution in [1.82, 2.24) is 24.6 Å². The Bertz CT molecular complexity index is 1660. The van der Waals surface area contributed by atoms with Gasteiger partial charge >= 0.3 is 0 Å². The highest BCUT2D eigenvalue weighted by atomic mass is 16.1. The van der Waals surface area contributed by atoms with Crippen LogP contribution >= 0.6 is 0 Å². The van der Waals surface area contributed by atoms with E-state index in [1.165, 1.54) is 24.6 Å². The lowest BCUT2D eigenvalue weighted by Crippen LogP contribution is -2.32. The number of fused-ring (bicyclic) bond motifs is 1. The first-order chi connectivity index (χ1) is 19.0. The van der Waals surface area contributed by atoms with Crippen LogP contribution in [-0.4, -0.2) is 43.6 Å². The monoisotopic (exact) mass is 520 g/mol. The SMILES string of the molecule is CC1CCN(Cc2ccc3[nH]c(-c4cc(NC(=O)c5cnn(Cc6ccccc6)c5)c[nH]c4=O)cc3c2)CC1. The Morgan fingerprint density at radius 3 is 2.67 bits per heavy atom. The molecule has 1 saturated heterocycles. The minimum atomic E-state index is -0.291. The van der Waals surface area contributed by atoms with Crippen molar-refractivity contribution in [3.05, 3.63) is 106 Å². The van der Waals surface area contributed by atoms with Crippen molar-refractivity contribution < 1.29 is 4.79 Å². The standard InChI is InChI=1S/C31H32N6O2/c1-21-9-11-36(12-10-21)18-23-7-8-28-24(13-23)14-29(35-28)27-15-26(17-32-31(27)39)34-30(38)25-16-33-37(20-25)19-22-5-3-2-4-6-22/h2-8,13-17,20-21,35H,9-12,18-19H2,1H3,(H,32,39)(H,34,38). The van der Waals surface area contributed by atoms with E-state index in [1.807, 2.05) is 36.4 Å². The summed E-state index contributed by atoms with van der Waals surface area (Å²) in [6.45, 7) is 6.12. The predicted molar refractivity (Wildman–Crippen MR) is 154 cm³/mol. The number of rotatable bonds is 7. The average Bonchev–Trinajstić information content (AvgIpc) is 3.59. The summed E-state index contributed by atoms with van der Waals surface area (Å²) in [5, 5.41) is 8.26. The number of aromatic nitrogens is 4. The Morgan fingerprint density at radius 2 is 1.85 bits per heavy atom. The third kappa shape index (κ3) is 5.71. The maximum absolute atomic E-state index is 12.9. The largest absolute Gasteiger partial charge is 0.354 e. The number of H-pyrrole nitrogens is 2. The van der Waals surface area contributed by atoms with Crippen LogP contribution in [0.5, 0.6) is 0 Å². The number of hydrogen-bond donors (Lipinski definition) is 3. The number of benzene rings is 2. The van der Waals surface area contributed by atoms with Crippen molar-refractivity contribution in [2.45, 2.75) is 32.9 Å². The molecule has 2 aromatic carbocycles. The van der Waals surface area contributed by atoms with Gasteiger partial charge in [0.25, 0.3) is 11.5 Å². The van der Waals surface area contributed by atoms with Gasteiger partial charge in [0.15, 0.2) is 0 Å². The maximum Gasteiger partial charge on any atom is 0.258 e. The number of pyridine rings is 1. The van der Waals surface area contributed by atoms with Gasteiger partial charge in [-0.1, -0.05) is 43.3 Å². The summed E-state index contributed by atoms with van der Waals surface area (Å²) >= 11 is 0. The summed E-state index contributed by atoms with van der Waals surface area (Å²) in [6.07, 6.45) is 7.28. The first-order valence-electron chi connectivity index (χ1n) is 13.4. The van der Waals surface area contributed by atoms with Crippen LogP contribution in [-0.2, 0) is 13.1 Å². The van der Waals surface area contributed by atoms with Crippen molar-refractivity contribution in [2.24, 2.45) is 5.92 Å². The smallest absolute Gasteiger partial charge is 0.258 e. The van der Waals surface area contributed by atoms with Gasteiger partial charge in [-0.2, -0.15) is 5.10 Å². The molecule has 1 fully saturated rings. The summed E-state index contributed by atoms with van der Waals surface area (Å²) in [5.74, 6) is 0.521. The van der Waals surface area contributed by atoms with Crippen LogP contribution in [0.2, 0.25) is 0 Å². The molecule has 0 spiro atoms. The van der Waals surface area contributed by atoms with Gasteiger partial charge in [0.1, 0.15) is 0 Å². The number of nitrogens with one attached hydrogen (secondary N) is 3. The summed E-state index contributed by atoms with van der Waals surface area (Å²) < 4.78 is 1.73. The molecule has 0 radical (unpaired) electrons. The summed E-state index contributed by atoms with van der Waals surface area (Å²) in [5.41, 5.74) is 5.25. The fourth-order valence-electron chi connectivity index (χ4n) is 5.20. The molecule has 8 nitrogen and oxygen atoms in total. The zero-order valence-electron chi connectivity index (χ0n) is 22.0. The van der Waals surface area contributed by atoms with Crippen molar-refractivity contribution in [1.29, 1.82) is 0 Å². The molecule has 198 valence electrons. The van der Waals surface area contributed by atoms with Crippen molar-refractivity contribution in [3.8, 4) is 11.3 Å². The van der Waals surface area contributed by atoms with Gasteiger partial charge < -0.3 is 15.3 Å². The highest BCUT2D eigenvalue weighted by molar-refractivity contribution is 6.04. The number of likely N-dealkylation sites (tertiary alicyclic amines) is 1. The molecule has 1 amide bonds. The van der Waals surface area contributed by atoms with Gasteiger partial charge in [0.05, 0.1) is 35.2 Å². The van der Waals surface area contributed by atoms with E-state index in [1.54, 1.807) is 23.1 Å². The van der Waals surface area contributed by atoms with Crippen molar-refractivity contribution >= 4 is 22.5 Å². The first-order valence-corrected chi connectivity index (χ1v) is 13.4. The third-order valence-corrected chi connectivity index (χ3v) is 7.50. The van der Waals surface area contributed by atoms with Gasteiger partial charge in [-0.3, -0.25) is 19.2 Å². The van der Waals surface area contributed by atoms with Crippen LogP contribution in [0.3, 0.4) is 0 Å². The fraction of sp³-hybridized carbons (Fsp3) is 0.258. The topological polar surface area (TPSA) is 98.8 Å². The summed E-state index contributed by atoms with van der Waals surface area (Å²) in [6, 6.07) is 20.1. The second-order valence-corrected chi connectivity index (χ2v) is 10.6. The summed E-state index contributed by atoms with van der Waals surface area (Å²) in [4.78, 5) is 34.3. The number of nitrogens with zero attached hydrogens (tertiary/aromatic N) is 3. The van der Waals surface area contributed by atoms with Crippen molar-refractivity contribution in [2.75, 3.05) is 18.4 Å². The lowest BCUT2D eigenvalue weighted by atomic mass is 9.99. The molecule has 0 unspecified atom stereocenters. The Morgan fingerprint density at radius 1 is 1.03 bits per heavy atom. The van der Waals surface area contributed by atoms with Crippen LogP contribution in [0.25, 0.3) is 22.2 Å². The lowest BCUT2D eigenvalue weighted by Gasteiger charge is -2.30. The fourth-order valence-corrected chi connectivity index (χ4v) is 5.20. The van der Waals surface area contributed by atoms with E-state index in [4.69, 9.17) is 0 Å². The lowest BCUT2D eigenvalue weighted by molar-refractivity contribution is 0.102. The van der Waals surface area contributed by atoms with Gasteiger partial charge in [-0.05, 0) is 67.2 Å². The number of carbonyl (C=O) groups excluding carboxylic acids is 1. The van der Waals surface area contributed by atoms with Gasteiger partial charge in [0.2, 0.25) is 0 Å². The number of amides is 1. The van der Waals surface area contributed by atoms with Crippen LogP contribution in [0, 0.1) is 5.92 Å². The van der Waals surface area contributed by atoms with E-state index in [9.17, 15) is 9.59 Å². The maximum atomic E-state index is 12.9. The quantitative estimate of drug-likeness (QED) is 0.273. The van der Waals surface area contributed by atoms with E-state index in [0.717, 1.165) is 42.0 Å². The van der Waals surface area contributed by atoms with Gasteiger partial charge in [0, 0.05) is 29.8 Å². The van der Waals surface area contributed by atoms with E-state index < -0.39 is 0 Å². The first kappa shape index (κ1) is 24.9. The Balaban J connectivity index is 1.17. The molecule has 0 aliphatic carbocycles. The van der Waals surface area contributed by atoms with Crippen LogP contribution in [0.15, 0.2) is 84.0 Å². The molecule has 0 bridgehead atoms. The minimum absolute atomic E-state index is 0.224. The average molecular weight is 521 g/mol. The molecule has 1 aliphatic rings. The highest BCUT2D eigenvalue weighted by Crippen LogP contribution is 2.26. The van der Waals surface area contributed by atoms with E-state index in [-0.39, 0.29) is 11.5 Å². The molecule has 4 heterocycles. The number of piperidine rings is 1. The molecule has 3 aromatic heterocycles. The molecule has 0 saturated carbocycles. The summed E-state index contributed by atoms with van der Waals surface area (Å²) in [7, 11) is 0. The van der Waals surface area contributed by atoms with Crippen LogP contribution in [0.1, 0.15) is 41.3 Å². The number of hydrogen-bond acceptors (Lipinski definition) is 4. The van der Waals surface area contributed by atoms with Crippen LogP contribution in [0.4, 0.5) is 5.69 Å². The van der Waals surface area contributed by atoms with Crippen LogP contribution < -0.4 is 10.9 Å². The molecule has 39 heavy (non-hydrogen) atoms. The molecule has 8 heteroatoms. The Hall–Kier alpha value is -4.43. The van der Waals surface area contributed by atoms with E-state index >= 15 is 0 Å². The second kappa shape index (κ2) is 10.7. The highest BCUT2D eigenvalue weighted by Gasteiger charge is 2.17. The molecule has 6 rings (SSSR count). The van der Waals surface area contributed by atoms with Crippen molar-refractivity contribution in [3.63, 3.8) is 0 Å². The van der Waals surface area contributed by atoms with E-state index in [2.05, 4.69) is 50.4 Å². The number of aromatic amines is 2. The Kier molecular flexibility index (Phi) is 6.85. The molecule has 3 N–H and O–H groups in total. The molecular weight excluding hydrogens is 488 g/mol. The number of anilines is 1. The zero-order valence-corrected chi connectivity index (χ0v) is 22.0. The normalized spacial score (nSPS) is 14.6. The minimum Gasteiger partial charge on any atom is -0.354 e. The van der Waals surface area contributed by atoms with E-state index in [0.29, 0.717) is 29.1 Å². The van der Waals surface area contributed by atoms with Gasteiger partial charge in [-0.25, -0.2) is 0 Å². The third-order valence-electron chi connectivity index (χ3n) is 7.50. The van der Waals surface area contributed by atoms with Gasteiger partial charge in [-0.15, -0.1) is 0 Å². The predicted octanol–water partition coefficient (Wildman–Crippen LogP) is 5.25.